The second-order valence-electron chi connectivity index (χ2n) is 7.31. The quantitative estimate of drug-likeness (QED) is 0.431. The first-order valence-corrected chi connectivity index (χ1v) is 11.9. The van der Waals surface area contributed by atoms with Crippen LogP contribution in [0.15, 0.2) is 82.5 Å². The van der Waals surface area contributed by atoms with Crippen LogP contribution in [0.5, 0.6) is 0 Å². The van der Waals surface area contributed by atoms with Crippen LogP contribution >= 0.6 is 11.3 Å². The molecule has 0 saturated heterocycles. The molecule has 0 bridgehead atoms. The summed E-state index contributed by atoms with van der Waals surface area (Å²) in [5, 5.41) is 0. The number of ketones is 1. The molecule has 158 valence electrons. The molecule has 1 aromatic heterocycles. The van der Waals surface area contributed by atoms with Crippen LogP contribution in [0.4, 0.5) is 5.69 Å². The van der Waals surface area contributed by atoms with Gasteiger partial charge in [-0.25, -0.2) is 8.42 Å². The Labute approximate surface area is 183 Å². The summed E-state index contributed by atoms with van der Waals surface area (Å²) in [6.45, 7) is 3.81. The SMILES string of the molecule is CC(C)n1c(=O)sc2cc(S(=O)(=O)Nc3ccccc3C(=O)c3ccccc3)ccc21. The lowest BCUT2D eigenvalue weighted by atomic mass is 10.0. The molecule has 8 heteroatoms. The number of carbonyl (C=O) groups excluding carboxylic acids is 1. The first-order valence-electron chi connectivity index (χ1n) is 9.64. The van der Waals surface area contributed by atoms with Crippen molar-refractivity contribution in [2.45, 2.75) is 24.8 Å². The average Bonchev–Trinajstić information content (AvgIpc) is 3.09. The van der Waals surface area contributed by atoms with Gasteiger partial charge in [0.1, 0.15) is 0 Å². The predicted octanol–water partition coefficient (Wildman–Crippen LogP) is 4.68. The minimum absolute atomic E-state index is 0.0270. The number of anilines is 1. The maximum atomic E-state index is 13.1. The Morgan fingerprint density at radius 3 is 2.35 bits per heavy atom. The number of hydrogen-bond donors (Lipinski definition) is 1. The zero-order valence-corrected chi connectivity index (χ0v) is 18.5. The van der Waals surface area contributed by atoms with Crippen molar-refractivity contribution in [3.05, 3.63) is 93.6 Å². The Bertz CT molecular complexity index is 1440. The minimum atomic E-state index is -3.97. The van der Waals surface area contributed by atoms with Gasteiger partial charge < -0.3 is 0 Å². The lowest BCUT2D eigenvalue weighted by Crippen LogP contribution is -2.16. The van der Waals surface area contributed by atoms with Gasteiger partial charge in [-0.3, -0.25) is 18.9 Å². The summed E-state index contributed by atoms with van der Waals surface area (Å²) in [6.07, 6.45) is 0. The number of rotatable bonds is 6. The molecule has 31 heavy (non-hydrogen) atoms. The van der Waals surface area contributed by atoms with E-state index in [0.717, 1.165) is 11.3 Å². The van der Waals surface area contributed by atoms with E-state index in [9.17, 15) is 18.0 Å². The molecule has 0 radical (unpaired) electrons. The zero-order valence-electron chi connectivity index (χ0n) is 16.9. The molecule has 0 atom stereocenters. The maximum Gasteiger partial charge on any atom is 0.308 e. The fourth-order valence-corrected chi connectivity index (χ4v) is 5.62. The highest BCUT2D eigenvalue weighted by Crippen LogP contribution is 2.27. The van der Waals surface area contributed by atoms with Crippen molar-refractivity contribution >= 4 is 43.0 Å². The van der Waals surface area contributed by atoms with Gasteiger partial charge in [-0.1, -0.05) is 53.8 Å². The molecule has 0 unspecified atom stereocenters. The van der Waals surface area contributed by atoms with Crippen LogP contribution in [-0.2, 0) is 10.0 Å². The first kappa shape index (κ1) is 21.0. The van der Waals surface area contributed by atoms with Crippen LogP contribution < -0.4 is 9.60 Å². The molecule has 4 rings (SSSR count). The average molecular weight is 453 g/mol. The summed E-state index contributed by atoms with van der Waals surface area (Å²) in [5.74, 6) is -0.276. The lowest BCUT2D eigenvalue weighted by Gasteiger charge is -2.13. The molecular weight excluding hydrogens is 432 g/mol. The zero-order chi connectivity index (χ0) is 22.2. The predicted molar refractivity (Wildman–Crippen MR) is 124 cm³/mol. The summed E-state index contributed by atoms with van der Waals surface area (Å²) in [5.41, 5.74) is 1.62. The van der Waals surface area contributed by atoms with Gasteiger partial charge in [0.25, 0.3) is 10.0 Å². The Kier molecular flexibility index (Phi) is 5.51. The molecule has 3 aromatic carbocycles. The fourth-order valence-electron chi connectivity index (χ4n) is 3.39. The Morgan fingerprint density at radius 2 is 1.65 bits per heavy atom. The summed E-state index contributed by atoms with van der Waals surface area (Å²) in [4.78, 5) is 25.1. The third-order valence-corrected chi connectivity index (χ3v) is 7.14. The number of aromatic nitrogens is 1. The summed E-state index contributed by atoms with van der Waals surface area (Å²) in [7, 11) is -3.97. The van der Waals surface area contributed by atoms with Crippen LogP contribution in [0.2, 0.25) is 0 Å². The molecule has 0 saturated carbocycles. The van der Waals surface area contributed by atoms with Crippen LogP contribution in [-0.4, -0.2) is 18.8 Å². The number of sulfonamides is 1. The highest BCUT2D eigenvalue weighted by Gasteiger charge is 2.21. The van der Waals surface area contributed by atoms with Gasteiger partial charge in [0.2, 0.25) is 0 Å². The van der Waals surface area contributed by atoms with Crippen molar-refractivity contribution in [3.63, 3.8) is 0 Å². The van der Waals surface area contributed by atoms with Crippen molar-refractivity contribution in [2.24, 2.45) is 0 Å². The Balaban J connectivity index is 1.72. The molecule has 0 aliphatic carbocycles. The number of nitrogens with one attached hydrogen (secondary N) is 1. The number of fused-ring (bicyclic) bond motifs is 1. The third kappa shape index (κ3) is 4.04. The van der Waals surface area contributed by atoms with E-state index in [-0.39, 0.29) is 32.8 Å². The fraction of sp³-hybridized carbons (Fsp3) is 0.130. The molecule has 4 aromatic rings. The van der Waals surface area contributed by atoms with Crippen molar-refractivity contribution in [1.82, 2.24) is 4.57 Å². The van der Waals surface area contributed by atoms with Gasteiger partial charge in [0, 0.05) is 17.2 Å². The van der Waals surface area contributed by atoms with E-state index >= 15 is 0 Å². The van der Waals surface area contributed by atoms with Crippen LogP contribution in [0.1, 0.15) is 35.8 Å². The van der Waals surface area contributed by atoms with E-state index in [0.29, 0.717) is 15.8 Å². The van der Waals surface area contributed by atoms with E-state index < -0.39 is 10.0 Å². The highest BCUT2D eigenvalue weighted by atomic mass is 32.2. The highest BCUT2D eigenvalue weighted by molar-refractivity contribution is 7.92. The summed E-state index contributed by atoms with van der Waals surface area (Å²) < 4.78 is 30.9. The summed E-state index contributed by atoms with van der Waals surface area (Å²) in [6, 6.07) is 19.7. The minimum Gasteiger partial charge on any atom is -0.296 e. The van der Waals surface area contributed by atoms with Crippen molar-refractivity contribution in [2.75, 3.05) is 4.72 Å². The van der Waals surface area contributed by atoms with Crippen molar-refractivity contribution in [1.29, 1.82) is 0 Å². The standard InChI is InChI=1S/C23H20N2O4S2/c1-15(2)25-20-13-12-17(14-21(20)30-23(25)27)31(28,29)24-19-11-7-6-10-18(19)22(26)16-8-4-3-5-9-16/h3-15,24H,1-2H3. The van der Waals surface area contributed by atoms with Crippen molar-refractivity contribution in [3.8, 4) is 0 Å². The van der Waals surface area contributed by atoms with Gasteiger partial charge in [0.05, 0.1) is 20.8 Å². The van der Waals surface area contributed by atoms with E-state index in [1.165, 1.54) is 12.1 Å². The van der Waals surface area contributed by atoms with Crippen LogP contribution in [0, 0.1) is 0 Å². The number of thiazole rings is 1. The molecule has 0 aliphatic heterocycles. The van der Waals surface area contributed by atoms with Crippen LogP contribution in [0.3, 0.4) is 0 Å². The monoisotopic (exact) mass is 452 g/mol. The van der Waals surface area contributed by atoms with E-state index in [4.69, 9.17) is 0 Å². The van der Waals surface area contributed by atoms with Gasteiger partial charge in [-0.05, 0) is 44.2 Å². The van der Waals surface area contributed by atoms with Gasteiger partial charge in [-0.15, -0.1) is 0 Å². The molecule has 0 amide bonds. The normalized spacial score (nSPS) is 11.7. The molecule has 0 spiro atoms. The number of para-hydroxylation sites is 1. The lowest BCUT2D eigenvalue weighted by molar-refractivity contribution is 0.103. The van der Waals surface area contributed by atoms with Gasteiger partial charge in [-0.2, -0.15) is 0 Å². The first-order chi connectivity index (χ1) is 14.8. The molecule has 6 nitrogen and oxygen atoms in total. The largest absolute Gasteiger partial charge is 0.308 e. The molecule has 0 fully saturated rings. The van der Waals surface area contributed by atoms with Gasteiger partial charge in [0.15, 0.2) is 5.78 Å². The number of hydrogen-bond acceptors (Lipinski definition) is 5. The number of nitrogens with zero attached hydrogens (tertiary/aromatic N) is 1. The molecule has 1 N–H and O–H groups in total. The van der Waals surface area contributed by atoms with E-state index in [1.54, 1.807) is 59.2 Å². The van der Waals surface area contributed by atoms with Crippen molar-refractivity contribution < 1.29 is 13.2 Å². The van der Waals surface area contributed by atoms with Crippen LogP contribution in [0.25, 0.3) is 10.2 Å². The summed E-state index contributed by atoms with van der Waals surface area (Å²) >= 11 is 1.01. The number of carbonyl (C=O) groups is 1. The molecule has 1 heterocycles. The van der Waals surface area contributed by atoms with E-state index in [1.807, 2.05) is 19.9 Å². The molecule has 0 aliphatic rings. The van der Waals surface area contributed by atoms with Gasteiger partial charge >= 0.3 is 4.87 Å². The number of benzene rings is 3. The third-order valence-electron chi connectivity index (χ3n) is 4.86. The second kappa shape index (κ2) is 8.13. The Hall–Kier alpha value is -3.23. The topological polar surface area (TPSA) is 85.2 Å². The maximum absolute atomic E-state index is 13.1. The second-order valence-corrected chi connectivity index (χ2v) is 9.98. The smallest absolute Gasteiger partial charge is 0.296 e. The van der Waals surface area contributed by atoms with E-state index in [2.05, 4.69) is 4.72 Å². The Morgan fingerprint density at radius 1 is 0.968 bits per heavy atom. The molecular formula is C23H20N2O4S2.